The highest BCUT2D eigenvalue weighted by atomic mass is 16.6. The molecule has 27 heavy (non-hydrogen) atoms. The Bertz CT molecular complexity index is 979. The zero-order valence-corrected chi connectivity index (χ0v) is 15.0. The highest BCUT2D eigenvalue weighted by Crippen LogP contribution is 2.34. The predicted molar refractivity (Wildman–Crippen MR) is 102 cm³/mol. The van der Waals surface area contributed by atoms with Crippen molar-refractivity contribution in [3.05, 3.63) is 46.5 Å². The van der Waals surface area contributed by atoms with Gasteiger partial charge < -0.3 is 19.4 Å². The number of nitro benzene ring substituents is 1. The SMILES string of the molecule is CCOc1ccc(-c2nc3ccc([N+](=O)[O-])cc3[nH]2)cc1N1CCOCC1. The van der Waals surface area contributed by atoms with Crippen molar-refractivity contribution < 1.29 is 14.4 Å². The third-order valence-electron chi connectivity index (χ3n) is 4.56. The summed E-state index contributed by atoms with van der Waals surface area (Å²) in [5.41, 5.74) is 3.28. The number of non-ortho nitro benzene ring substituents is 1. The van der Waals surface area contributed by atoms with E-state index in [-0.39, 0.29) is 5.69 Å². The molecule has 140 valence electrons. The zero-order chi connectivity index (χ0) is 18.8. The van der Waals surface area contributed by atoms with Gasteiger partial charge in [-0.1, -0.05) is 0 Å². The Labute approximate surface area is 155 Å². The molecular formula is C19H20N4O4. The van der Waals surface area contributed by atoms with Crippen LogP contribution in [0.2, 0.25) is 0 Å². The lowest BCUT2D eigenvalue weighted by molar-refractivity contribution is -0.384. The second-order valence-electron chi connectivity index (χ2n) is 6.26. The molecule has 0 unspecified atom stereocenters. The Morgan fingerprint density at radius 2 is 2.07 bits per heavy atom. The summed E-state index contributed by atoms with van der Waals surface area (Å²) in [4.78, 5) is 20.6. The Morgan fingerprint density at radius 3 is 2.81 bits per heavy atom. The van der Waals surface area contributed by atoms with Crippen LogP contribution in [0, 0.1) is 10.1 Å². The van der Waals surface area contributed by atoms with E-state index in [0.29, 0.717) is 36.7 Å². The lowest BCUT2D eigenvalue weighted by atomic mass is 10.1. The van der Waals surface area contributed by atoms with Crippen molar-refractivity contribution in [2.75, 3.05) is 37.8 Å². The number of imidazole rings is 1. The van der Waals surface area contributed by atoms with Gasteiger partial charge in [-0.2, -0.15) is 0 Å². The van der Waals surface area contributed by atoms with Gasteiger partial charge in [0.1, 0.15) is 11.6 Å². The van der Waals surface area contributed by atoms with Gasteiger partial charge >= 0.3 is 0 Å². The molecule has 0 spiro atoms. The lowest BCUT2D eigenvalue weighted by Gasteiger charge is -2.30. The van der Waals surface area contributed by atoms with Crippen molar-refractivity contribution in [1.29, 1.82) is 0 Å². The van der Waals surface area contributed by atoms with Gasteiger partial charge in [0.15, 0.2) is 0 Å². The van der Waals surface area contributed by atoms with Gasteiger partial charge in [-0.25, -0.2) is 4.98 Å². The first-order valence-corrected chi connectivity index (χ1v) is 8.90. The van der Waals surface area contributed by atoms with Gasteiger partial charge in [0, 0.05) is 30.8 Å². The smallest absolute Gasteiger partial charge is 0.271 e. The summed E-state index contributed by atoms with van der Waals surface area (Å²) < 4.78 is 11.2. The molecule has 0 amide bonds. The van der Waals surface area contributed by atoms with E-state index in [2.05, 4.69) is 14.9 Å². The molecule has 3 aromatic rings. The number of benzene rings is 2. The van der Waals surface area contributed by atoms with E-state index < -0.39 is 4.92 Å². The minimum absolute atomic E-state index is 0.0402. The van der Waals surface area contributed by atoms with Crippen LogP contribution in [0.1, 0.15) is 6.92 Å². The number of ether oxygens (including phenoxy) is 2. The summed E-state index contributed by atoms with van der Waals surface area (Å²) in [5.74, 6) is 1.50. The lowest BCUT2D eigenvalue weighted by Crippen LogP contribution is -2.36. The molecule has 0 atom stereocenters. The number of nitro groups is 1. The summed E-state index contributed by atoms with van der Waals surface area (Å²) in [6, 6.07) is 10.6. The summed E-state index contributed by atoms with van der Waals surface area (Å²) in [6.07, 6.45) is 0. The normalized spacial score (nSPS) is 14.5. The van der Waals surface area contributed by atoms with Crippen molar-refractivity contribution in [3.8, 4) is 17.1 Å². The van der Waals surface area contributed by atoms with E-state index in [1.807, 2.05) is 25.1 Å². The fourth-order valence-corrected chi connectivity index (χ4v) is 3.24. The van der Waals surface area contributed by atoms with E-state index in [1.165, 1.54) is 12.1 Å². The predicted octanol–water partition coefficient (Wildman–Crippen LogP) is 3.37. The number of aromatic nitrogens is 2. The van der Waals surface area contributed by atoms with Gasteiger partial charge in [0.2, 0.25) is 0 Å². The number of fused-ring (bicyclic) bond motifs is 1. The van der Waals surface area contributed by atoms with Gasteiger partial charge in [0.05, 0.1) is 41.5 Å². The monoisotopic (exact) mass is 368 g/mol. The first-order chi connectivity index (χ1) is 13.2. The molecule has 1 fully saturated rings. The summed E-state index contributed by atoms with van der Waals surface area (Å²) >= 11 is 0. The number of aromatic amines is 1. The molecule has 8 nitrogen and oxygen atoms in total. The first-order valence-electron chi connectivity index (χ1n) is 8.90. The molecule has 1 aliphatic heterocycles. The Balaban J connectivity index is 1.74. The average Bonchev–Trinajstić information content (AvgIpc) is 3.12. The second kappa shape index (κ2) is 7.24. The molecule has 1 saturated heterocycles. The molecule has 1 N–H and O–H groups in total. The molecule has 8 heteroatoms. The number of morpholine rings is 1. The minimum atomic E-state index is -0.409. The maximum atomic E-state index is 11.0. The van der Waals surface area contributed by atoms with Crippen LogP contribution >= 0.6 is 0 Å². The number of anilines is 1. The largest absolute Gasteiger partial charge is 0.492 e. The first kappa shape index (κ1) is 17.3. The number of H-pyrrole nitrogens is 1. The fraction of sp³-hybridized carbons (Fsp3) is 0.316. The van der Waals surface area contributed by atoms with Crippen molar-refractivity contribution >= 4 is 22.4 Å². The van der Waals surface area contributed by atoms with Gasteiger partial charge in [-0.15, -0.1) is 0 Å². The third kappa shape index (κ3) is 3.43. The van der Waals surface area contributed by atoms with Gasteiger partial charge in [-0.05, 0) is 31.2 Å². The van der Waals surface area contributed by atoms with Crippen molar-refractivity contribution in [1.82, 2.24) is 9.97 Å². The van der Waals surface area contributed by atoms with Crippen molar-refractivity contribution in [3.63, 3.8) is 0 Å². The highest BCUT2D eigenvalue weighted by Gasteiger charge is 2.18. The fourth-order valence-electron chi connectivity index (χ4n) is 3.24. The van der Waals surface area contributed by atoms with Crippen LogP contribution in [0.3, 0.4) is 0 Å². The van der Waals surface area contributed by atoms with E-state index in [0.717, 1.165) is 30.1 Å². The molecule has 1 aliphatic rings. The van der Waals surface area contributed by atoms with Gasteiger partial charge in [0.25, 0.3) is 5.69 Å². The molecule has 4 rings (SSSR count). The van der Waals surface area contributed by atoms with Crippen molar-refractivity contribution in [2.24, 2.45) is 0 Å². The minimum Gasteiger partial charge on any atom is -0.492 e. The number of nitrogens with zero attached hydrogens (tertiary/aromatic N) is 3. The van der Waals surface area contributed by atoms with E-state index in [1.54, 1.807) is 6.07 Å². The van der Waals surface area contributed by atoms with E-state index in [4.69, 9.17) is 9.47 Å². The molecule has 2 aromatic carbocycles. The summed E-state index contributed by atoms with van der Waals surface area (Å²) in [7, 11) is 0. The quantitative estimate of drug-likeness (QED) is 0.548. The van der Waals surface area contributed by atoms with Crippen LogP contribution in [0.5, 0.6) is 5.75 Å². The van der Waals surface area contributed by atoms with Gasteiger partial charge in [-0.3, -0.25) is 10.1 Å². The van der Waals surface area contributed by atoms with Crippen LogP contribution in [0.25, 0.3) is 22.4 Å². The molecule has 2 heterocycles. The maximum Gasteiger partial charge on any atom is 0.271 e. The number of nitrogens with one attached hydrogen (secondary N) is 1. The van der Waals surface area contributed by atoms with Crippen LogP contribution in [0.15, 0.2) is 36.4 Å². The second-order valence-corrected chi connectivity index (χ2v) is 6.26. The average molecular weight is 368 g/mol. The van der Waals surface area contributed by atoms with E-state index >= 15 is 0 Å². The summed E-state index contributed by atoms with van der Waals surface area (Å²) in [6.45, 7) is 5.52. The molecule has 0 aliphatic carbocycles. The molecule has 0 saturated carbocycles. The Kier molecular flexibility index (Phi) is 4.64. The van der Waals surface area contributed by atoms with Crippen LogP contribution in [0.4, 0.5) is 11.4 Å². The van der Waals surface area contributed by atoms with E-state index in [9.17, 15) is 10.1 Å². The number of hydrogen-bond acceptors (Lipinski definition) is 6. The maximum absolute atomic E-state index is 11.0. The number of hydrogen-bond donors (Lipinski definition) is 1. The molecular weight excluding hydrogens is 348 g/mol. The molecule has 1 aromatic heterocycles. The van der Waals surface area contributed by atoms with Crippen LogP contribution in [-0.4, -0.2) is 47.8 Å². The Hall–Kier alpha value is -3.13. The third-order valence-corrected chi connectivity index (χ3v) is 4.56. The Morgan fingerprint density at radius 1 is 1.26 bits per heavy atom. The van der Waals surface area contributed by atoms with Crippen molar-refractivity contribution in [2.45, 2.75) is 6.92 Å². The molecule has 0 radical (unpaired) electrons. The highest BCUT2D eigenvalue weighted by molar-refractivity contribution is 5.82. The molecule has 0 bridgehead atoms. The number of rotatable bonds is 5. The standard InChI is InChI=1S/C19H20N4O4/c1-2-27-18-6-3-13(11-17(18)22-7-9-26-10-8-22)19-20-15-5-4-14(23(24)25)12-16(15)21-19/h3-6,11-12H,2,7-10H2,1H3,(H,20,21). The summed E-state index contributed by atoms with van der Waals surface area (Å²) in [5, 5.41) is 11.0. The topological polar surface area (TPSA) is 93.5 Å². The van der Waals surface area contributed by atoms with Crippen LogP contribution in [-0.2, 0) is 4.74 Å². The zero-order valence-electron chi connectivity index (χ0n) is 15.0. The van der Waals surface area contributed by atoms with Crippen LogP contribution < -0.4 is 9.64 Å².